The Bertz CT molecular complexity index is 834. The molecule has 3 aliphatic heterocycles. The Morgan fingerprint density at radius 1 is 1.26 bits per heavy atom. The molecule has 3 rings (SSSR count). The number of esters is 2. The van der Waals surface area contributed by atoms with Gasteiger partial charge in [-0.1, -0.05) is 0 Å². The SMILES string of the molecule is COC(=O)C1=C(C(=O)OC)[C@@]2(C#N)C=CC3=CC(C#N)=C[C@@H]1N32. The van der Waals surface area contributed by atoms with E-state index in [0.717, 1.165) is 0 Å². The third-order valence-electron chi connectivity index (χ3n) is 4.11. The van der Waals surface area contributed by atoms with Crippen LogP contribution in [0.25, 0.3) is 0 Å². The number of methoxy groups -OCH3 is 2. The van der Waals surface area contributed by atoms with Crippen molar-refractivity contribution in [2.24, 2.45) is 0 Å². The van der Waals surface area contributed by atoms with E-state index in [0.29, 0.717) is 11.3 Å². The molecule has 0 unspecified atom stereocenters. The summed E-state index contributed by atoms with van der Waals surface area (Å²) in [4.78, 5) is 26.2. The standard InChI is InChI=1S/C16H11N3O4/c1-22-14(20)12-11-6-9(7-17)5-10-3-4-16(8-18,19(10)11)13(12)15(21)23-2/h3-6,11H,1-2H3/t11-,16-/m0/s1. The van der Waals surface area contributed by atoms with E-state index in [-0.39, 0.29) is 11.1 Å². The normalized spacial score (nSPS) is 26.8. The van der Waals surface area contributed by atoms with Crippen LogP contribution in [0.15, 0.2) is 46.7 Å². The first-order valence-corrected chi connectivity index (χ1v) is 6.68. The van der Waals surface area contributed by atoms with Gasteiger partial charge in [-0.25, -0.2) is 9.59 Å². The second-order valence-electron chi connectivity index (χ2n) is 5.10. The molecule has 2 atom stereocenters. The zero-order valence-corrected chi connectivity index (χ0v) is 12.4. The minimum Gasteiger partial charge on any atom is -0.466 e. The summed E-state index contributed by atoms with van der Waals surface area (Å²) in [5.74, 6) is -1.51. The molecule has 0 aliphatic carbocycles. The van der Waals surface area contributed by atoms with Crippen LogP contribution in [0.1, 0.15) is 0 Å². The molecule has 114 valence electrons. The highest BCUT2D eigenvalue weighted by atomic mass is 16.5. The van der Waals surface area contributed by atoms with Crippen LogP contribution in [0.5, 0.6) is 0 Å². The maximum absolute atomic E-state index is 12.3. The van der Waals surface area contributed by atoms with E-state index in [1.54, 1.807) is 17.1 Å². The van der Waals surface area contributed by atoms with Crippen molar-refractivity contribution in [2.75, 3.05) is 14.2 Å². The second-order valence-corrected chi connectivity index (χ2v) is 5.10. The summed E-state index contributed by atoms with van der Waals surface area (Å²) >= 11 is 0. The summed E-state index contributed by atoms with van der Waals surface area (Å²) < 4.78 is 9.55. The highest BCUT2D eigenvalue weighted by Gasteiger charge is 2.59. The van der Waals surface area contributed by atoms with Gasteiger partial charge in [0.1, 0.15) is 6.07 Å². The summed E-state index contributed by atoms with van der Waals surface area (Å²) in [6.07, 6.45) is 6.31. The van der Waals surface area contributed by atoms with Crippen molar-refractivity contribution in [3.05, 3.63) is 46.7 Å². The fraction of sp³-hybridized carbons (Fsp3) is 0.250. The van der Waals surface area contributed by atoms with Crippen LogP contribution in [-0.2, 0) is 19.1 Å². The van der Waals surface area contributed by atoms with E-state index >= 15 is 0 Å². The van der Waals surface area contributed by atoms with Gasteiger partial charge in [0, 0.05) is 5.70 Å². The van der Waals surface area contributed by atoms with Gasteiger partial charge >= 0.3 is 11.9 Å². The Morgan fingerprint density at radius 3 is 2.52 bits per heavy atom. The minimum atomic E-state index is -1.44. The zero-order valence-electron chi connectivity index (χ0n) is 12.4. The number of hydrogen-bond acceptors (Lipinski definition) is 7. The van der Waals surface area contributed by atoms with Gasteiger partial charge in [-0.3, -0.25) is 0 Å². The monoisotopic (exact) mass is 309 g/mol. The van der Waals surface area contributed by atoms with Gasteiger partial charge in [0.25, 0.3) is 0 Å². The molecule has 3 aliphatic rings. The van der Waals surface area contributed by atoms with Gasteiger partial charge < -0.3 is 14.4 Å². The van der Waals surface area contributed by atoms with Crippen LogP contribution in [-0.4, -0.2) is 42.6 Å². The number of nitrogens with zero attached hydrogens (tertiary/aromatic N) is 3. The van der Waals surface area contributed by atoms with Crippen LogP contribution in [0.2, 0.25) is 0 Å². The van der Waals surface area contributed by atoms with Crippen molar-refractivity contribution in [1.82, 2.24) is 4.90 Å². The van der Waals surface area contributed by atoms with Crippen LogP contribution in [0, 0.1) is 22.7 Å². The third-order valence-corrected chi connectivity index (χ3v) is 4.11. The molecule has 0 bridgehead atoms. The second kappa shape index (κ2) is 4.85. The van der Waals surface area contributed by atoms with E-state index in [4.69, 9.17) is 14.7 Å². The molecule has 3 heterocycles. The third kappa shape index (κ3) is 1.68. The number of carbonyl (C=O) groups excluding carboxylic acids is 2. The highest BCUT2D eigenvalue weighted by molar-refractivity contribution is 6.06. The molecule has 0 saturated heterocycles. The van der Waals surface area contributed by atoms with E-state index in [9.17, 15) is 14.9 Å². The predicted molar refractivity (Wildman–Crippen MR) is 75.9 cm³/mol. The molecule has 7 nitrogen and oxygen atoms in total. The van der Waals surface area contributed by atoms with Crippen molar-refractivity contribution in [1.29, 1.82) is 10.5 Å². The fourth-order valence-electron chi connectivity index (χ4n) is 3.21. The molecule has 0 spiro atoms. The molecule has 0 aromatic rings. The molecule has 0 aromatic carbocycles. The average Bonchev–Trinajstić information content (AvgIpc) is 3.10. The lowest BCUT2D eigenvalue weighted by Crippen LogP contribution is -2.45. The molecular formula is C16H11N3O4. The van der Waals surface area contributed by atoms with Gasteiger partial charge in [0.05, 0.1) is 43.0 Å². The quantitative estimate of drug-likeness (QED) is 0.684. The van der Waals surface area contributed by atoms with Gasteiger partial charge in [-0.05, 0) is 24.3 Å². The molecular weight excluding hydrogens is 298 g/mol. The smallest absolute Gasteiger partial charge is 0.338 e. The van der Waals surface area contributed by atoms with Crippen LogP contribution in [0.3, 0.4) is 0 Å². The maximum atomic E-state index is 12.3. The van der Waals surface area contributed by atoms with Crippen molar-refractivity contribution in [2.45, 2.75) is 11.6 Å². The van der Waals surface area contributed by atoms with Crippen molar-refractivity contribution in [3.63, 3.8) is 0 Å². The minimum absolute atomic E-state index is 0.0172. The number of carbonyl (C=O) groups is 2. The molecule has 7 heteroatoms. The first kappa shape index (κ1) is 14.6. The Morgan fingerprint density at radius 2 is 1.96 bits per heavy atom. The Kier molecular flexibility index (Phi) is 3.08. The summed E-state index contributed by atoms with van der Waals surface area (Å²) in [5, 5.41) is 18.9. The maximum Gasteiger partial charge on any atom is 0.338 e. The number of hydrogen-bond donors (Lipinski definition) is 0. The Labute approximate surface area is 132 Å². The van der Waals surface area contributed by atoms with Crippen molar-refractivity contribution < 1.29 is 19.1 Å². The van der Waals surface area contributed by atoms with E-state index in [2.05, 4.69) is 6.07 Å². The van der Waals surface area contributed by atoms with Crippen LogP contribution in [0.4, 0.5) is 0 Å². The number of allylic oxidation sites excluding steroid dienone is 3. The molecule has 0 saturated carbocycles. The van der Waals surface area contributed by atoms with Gasteiger partial charge in [0.15, 0.2) is 5.54 Å². The lowest BCUT2D eigenvalue weighted by molar-refractivity contribution is -0.139. The summed E-state index contributed by atoms with van der Waals surface area (Å²) in [5.41, 5.74) is -0.578. The molecule has 0 N–H and O–H groups in total. The fourth-order valence-corrected chi connectivity index (χ4v) is 3.21. The van der Waals surface area contributed by atoms with E-state index in [1.807, 2.05) is 6.07 Å². The highest BCUT2D eigenvalue weighted by Crippen LogP contribution is 2.49. The number of rotatable bonds is 2. The lowest BCUT2D eigenvalue weighted by atomic mass is 9.91. The topological polar surface area (TPSA) is 103 Å². The number of nitriles is 2. The van der Waals surface area contributed by atoms with Gasteiger partial charge in [-0.15, -0.1) is 0 Å². The molecule has 0 fully saturated rings. The molecule has 0 radical (unpaired) electrons. The average molecular weight is 309 g/mol. The van der Waals surface area contributed by atoms with Gasteiger partial charge in [-0.2, -0.15) is 10.5 Å². The Balaban J connectivity index is 2.34. The first-order valence-electron chi connectivity index (χ1n) is 6.68. The largest absolute Gasteiger partial charge is 0.466 e. The molecule has 23 heavy (non-hydrogen) atoms. The molecule has 0 amide bonds. The van der Waals surface area contributed by atoms with Gasteiger partial charge in [0.2, 0.25) is 0 Å². The zero-order chi connectivity index (χ0) is 16.8. The lowest BCUT2D eigenvalue weighted by Gasteiger charge is -2.34. The summed E-state index contributed by atoms with van der Waals surface area (Å²) in [7, 11) is 2.37. The van der Waals surface area contributed by atoms with E-state index < -0.39 is 23.5 Å². The van der Waals surface area contributed by atoms with Crippen molar-refractivity contribution >= 4 is 11.9 Å². The summed E-state index contributed by atoms with van der Waals surface area (Å²) in [6, 6.07) is 3.38. The van der Waals surface area contributed by atoms with Crippen LogP contribution < -0.4 is 0 Å². The Hall–Kier alpha value is -3.32. The van der Waals surface area contributed by atoms with E-state index in [1.165, 1.54) is 26.4 Å². The van der Waals surface area contributed by atoms with Crippen molar-refractivity contribution in [3.8, 4) is 12.1 Å². The predicted octanol–water partition coefficient (Wildman–Crippen LogP) is 0.493. The molecule has 0 aromatic heterocycles. The first-order chi connectivity index (χ1) is 11.0. The van der Waals surface area contributed by atoms with Crippen LogP contribution >= 0.6 is 0 Å². The number of ether oxygens (including phenoxy) is 2. The summed E-state index contributed by atoms with van der Waals surface area (Å²) in [6.45, 7) is 0.